The van der Waals surface area contributed by atoms with E-state index in [1.165, 1.54) is 11.3 Å². The second-order valence-electron chi connectivity index (χ2n) is 3.57. The van der Waals surface area contributed by atoms with Gasteiger partial charge in [-0.25, -0.2) is 0 Å². The van der Waals surface area contributed by atoms with E-state index in [1.807, 2.05) is 20.8 Å². The first-order valence-electron chi connectivity index (χ1n) is 3.83. The van der Waals surface area contributed by atoms with Gasteiger partial charge in [0.15, 0.2) is 5.11 Å². The van der Waals surface area contributed by atoms with Crippen molar-refractivity contribution in [3.05, 3.63) is 5.51 Å². The van der Waals surface area contributed by atoms with Crippen molar-refractivity contribution in [2.75, 3.05) is 5.32 Å². The molecule has 0 aliphatic carbocycles. The Balaban J connectivity index is 2.43. The molecule has 1 aromatic heterocycles. The Labute approximate surface area is 86.8 Å². The highest BCUT2D eigenvalue weighted by Crippen LogP contribution is 2.08. The van der Waals surface area contributed by atoms with Crippen LogP contribution in [0.4, 0.5) is 5.13 Å². The van der Waals surface area contributed by atoms with Crippen LogP contribution in [0.2, 0.25) is 0 Å². The maximum Gasteiger partial charge on any atom is 0.211 e. The van der Waals surface area contributed by atoms with Crippen LogP contribution in [0.3, 0.4) is 0 Å². The maximum atomic E-state index is 5.07. The van der Waals surface area contributed by atoms with Gasteiger partial charge in [0.05, 0.1) is 0 Å². The average molecular weight is 216 g/mol. The van der Waals surface area contributed by atoms with Gasteiger partial charge >= 0.3 is 0 Å². The fourth-order valence-corrected chi connectivity index (χ4v) is 1.61. The summed E-state index contributed by atoms with van der Waals surface area (Å²) in [6.45, 7) is 6.13. The van der Waals surface area contributed by atoms with Crippen molar-refractivity contribution in [2.45, 2.75) is 26.3 Å². The highest BCUT2D eigenvalue weighted by molar-refractivity contribution is 7.80. The number of nitrogens with one attached hydrogen (secondary N) is 2. The number of anilines is 1. The summed E-state index contributed by atoms with van der Waals surface area (Å²) in [7, 11) is 0. The van der Waals surface area contributed by atoms with E-state index in [2.05, 4.69) is 20.8 Å². The zero-order valence-electron chi connectivity index (χ0n) is 7.79. The molecule has 4 nitrogen and oxygen atoms in total. The first-order chi connectivity index (χ1) is 5.97. The molecule has 0 saturated heterocycles. The predicted octanol–water partition coefficient (Wildman–Crippen LogP) is 1.62. The van der Waals surface area contributed by atoms with Crippen LogP contribution in [0.1, 0.15) is 20.8 Å². The van der Waals surface area contributed by atoms with Gasteiger partial charge in [0, 0.05) is 5.54 Å². The zero-order chi connectivity index (χ0) is 9.90. The number of hydrogen-bond donors (Lipinski definition) is 2. The predicted molar refractivity (Wildman–Crippen MR) is 59.0 cm³/mol. The number of nitrogens with zero attached hydrogens (tertiary/aromatic N) is 2. The van der Waals surface area contributed by atoms with Crippen molar-refractivity contribution in [3.63, 3.8) is 0 Å². The van der Waals surface area contributed by atoms with Crippen LogP contribution in [0.15, 0.2) is 5.51 Å². The summed E-state index contributed by atoms with van der Waals surface area (Å²) in [4.78, 5) is 0. The lowest BCUT2D eigenvalue weighted by Crippen LogP contribution is -2.42. The molecule has 0 aliphatic heterocycles. The third-order valence-corrected chi connectivity index (χ3v) is 1.88. The molecule has 0 bridgehead atoms. The van der Waals surface area contributed by atoms with E-state index in [1.54, 1.807) is 5.51 Å². The molecule has 0 radical (unpaired) electrons. The molecule has 13 heavy (non-hydrogen) atoms. The SMILES string of the molecule is CC(C)(C)NC(=S)Nc1nncs1. The quantitative estimate of drug-likeness (QED) is 0.699. The second kappa shape index (κ2) is 3.97. The fraction of sp³-hybridized carbons (Fsp3) is 0.571. The highest BCUT2D eigenvalue weighted by Gasteiger charge is 2.11. The molecule has 0 saturated carbocycles. The minimum Gasteiger partial charge on any atom is -0.358 e. The fourth-order valence-electron chi connectivity index (χ4n) is 0.696. The van der Waals surface area contributed by atoms with Crippen molar-refractivity contribution in [1.82, 2.24) is 15.5 Å². The van der Waals surface area contributed by atoms with Crippen LogP contribution in [0.25, 0.3) is 0 Å². The summed E-state index contributed by atoms with van der Waals surface area (Å²) in [5.74, 6) is 0. The number of rotatable bonds is 1. The van der Waals surface area contributed by atoms with E-state index in [-0.39, 0.29) is 5.54 Å². The van der Waals surface area contributed by atoms with Crippen molar-refractivity contribution >= 4 is 33.8 Å². The minimum atomic E-state index is -0.0330. The summed E-state index contributed by atoms with van der Waals surface area (Å²) in [6.07, 6.45) is 0. The Morgan fingerprint density at radius 1 is 1.54 bits per heavy atom. The molecule has 72 valence electrons. The summed E-state index contributed by atoms with van der Waals surface area (Å²) in [6, 6.07) is 0. The summed E-state index contributed by atoms with van der Waals surface area (Å²) < 4.78 is 0. The van der Waals surface area contributed by atoms with Crippen LogP contribution in [-0.2, 0) is 0 Å². The third-order valence-electron chi connectivity index (χ3n) is 1.07. The van der Waals surface area contributed by atoms with E-state index < -0.39 is 0 Å². The van der Waals surface area contributed by atoms with Gasteiger partial charge in [-0.2, -0.15) is 0 Å². The Bertz CT molecular complexity index is 275. The number of aromatic nitrogens is 2. The Hall–Kier alpha value is -0.750. The molecular weight excluding hydrogens is 204 g/mol. The Kier molecular flexibility index (Phi) is 3.16. The van der Waals surface area contributed by atoms with Gasteiger partial charge in [0.2, 0.25) is 5.13 Å². The maximum absolute atomic E-state index is 5.07. The largest absolute Gasteiger partial charge is 0.358 e. The standard InChI is InChI=1S/C7H12N4S2/c1-7(2,3)10-5(12)9-6-11-8-4-13-6/h4H,1-3H3,(H2,9,10,11,12). The van der Waals surface area contributed by atoms with E-state index in [0.717, 1.165) is 0 Å². The molecule has 1 rings (SSSR count). The van der Waals surface area contributed by atoms with Crippen molar-refractivity contribution in [1.29, 1.82) is 0 Å². The molecule has 6 heteroatoms. The third kappa shape index (κ3) is 4.14. The highest BCUT2D eigenvalue weighted by atomic mass is 32.1. The lowest BCUT2D eigenvalue weighted by atomic mass is 10.1. The minimum absolute atomic E-state index is 0.0330. The molecule has 0 unspecified atom stereocenters. The van der Waals surface area contributed by atoms with Gasteiger partial charge in [-0.1, -0.05) is 11.3 Å². The smallest absolute Gasteiger partial charge is 0.211 e. The molecule has 0 atom stereocenters. The van der Waals surface area contributed by atoms with E-state index >= 15 is 0 Å². The van der Waals surface area contributed by atoms with Crippen LogP contribution in [0.5, 0.6) is 0 Å². The van der Waals surface area contributed by atoms with Crippen LogP contribution >= 0.6 is 23.6 Å². The summed E-state index contributed by atoms with van der Waals surface area (Å²) in [5, 5.41) is 14.9. The average Bonchev–Trinajstić information content (AvgIpc) is 2.34. The summed E-state index contributed by atoms with van der Waals surface area (Å²) >= 11 is 6.48. The molecule has 0 fully saturated rings. The lowest BCUT2D eigenvalue weighted by Gasteiger charge is -2.22. The Morgan fingerprint density at radius 2 is 2.23 bits per heavy atom. The van der Waals surface area contributed by atoms with Gasteiger partial charge in [-0.15, -0.1) is 10.2 Å². The molecule has 1 aromatic rings. The van der Waals surface area contributed by atoms with Gasteiger partial charge < -0.3 is 10.6 Å². The van der Waals surface area contributed by atoms with Gasteiger partial charge in [-0.05, 0) is 33.0 Å². The van der Waals surface area contributed by atoms with E-state index in [9.17, 15) is 0 Å². The zero-order valence-corrected chi connectivity index (χ0v) is 9.42. The first-order valence-corrected chi connectivity index (χ1v) is 5.11. The van der Waals surface area contributed by atoms with Gasteiger partial charge in [0.25, 0.3) is 0 Å². The van der Waals surface area contributed by atoms with Gasteiger partial charge in [0.1, 0.15) is 5.51 Å². The molecule has 0 aliphatic rings. The molecule has 0 spiro atoms. The number of thiocarbonyl (C=S) groups is 1. The van der Waals surface area contributed by atoms with Crippen molar-refractivity contribution < 1.29 is 0 Å². The molecular formula is C7H12N4S2. The molecule has 0 amide bonds. The molecule has 1 heterocycles. The summed E-state index contributed by atoms with van der Waals surface area (Å²) in [5.41, 5.74) is 1.62. The van der Waals surface area contributed by atoms with Gasteiger partial charge in [-0.3, -0.25) is 0 Å². The van der Waals surface area contributed by atoms with Crippen molar-refractivity contribution in [3.8, 4) is 0 Å². The second-order valence-corrected chi connectivity index (χ2v) is 4.81. The molecule has 0 aromatic carbocycles. The lowest BCUT2D eigenvalue weighted by molar-refractivity contribution is 0.515. The number of hydrogen-bond acceptors (Lipinski definition) is 4. The van der Waals surface area contributed by atoms with Crippen LogP contribution in [0, 0.1) is 0 Å². The molecule has 2 N–H and O–H groups in total. The first kappa shape index (κ1) is 10.3. The monoisotopic (exact) mass is 216 g/mol. The van der Waals surface area contributed by atoms with Crippen molar-refractivity contribution in [2.24, 2.45) is 0 Å². The van der Waals surface area contributed by atoms with Crippen LogP contribution in [-0.4, -0.2) is 20.8 Å². The Morgan fingerprint density at radius 3 is 2.69 bits per heavy atom. The van der Waals surface area contributed by atoms with Crippen LogP contribution < -0.4 is 10.6 Å². The van der Waals surface area contributed by atoms with E-state index in [0.29, 0.717) is 10.2 Å². The topological polar surface area (TPSA) is 49.8 Å². The van der Waals surface area contributed by atoms with E-state index in [4.69, 9.17) is 12.2 Å². The normalized spacial score (nSPS) is 11.0.